The molecule has 2 rings (SSSR count). The van der Waals surface area contributed by atoms with Crippen molar-refractivity contribution in [3.63, 3.8) is 0 Å². The monoisotopic (exact) mass is 280 g/mol. The summed E-state index contributed by atoms with van der Waals surface area (Å²) in [5, 5.41) is 4.05. The highest BCUT2D eigenvalue weighted by Gasteiger charge is 2.26. The number of benzene rings is 1. The molecule has 0 aromatic heterocycles. The van der Waals surface area contributed by atoms with E-state index in [9.17, 15) is 0 Å². The van der Waals surface area contributed by atoms with Crippen LogP contribution in [0.2, 0.25) is 5.02 Å². The molecule has 3 heteroatoms. The van der Waals surface area contributed by atoms with Gasteiger partial charge in [-0.05, 0) is 49.6 Å². The van der Waals surface area contributed by atoms with Gasteiger partial charge in [-0.15, -0.1) is 0 Å². The molecule has 0 bridgehead atoms. The summed E-state index contributed by atoms with van der Waals surface area (Å²) in [6.07, 6.45) is 5.40. The van der Waals surface area contributed by atoms with Crippen molar-refractivity contribution in [2.45, 2.75) is 45.2 Å². The lowest BCUT2D eigenvalue weighted by atomic mass is 9.84. The first kappa shape index (κ1) is 14.7. The Balaban J connectivity index is 2.24. The van der Waals surface area contributed by atoms with Gasteiger partial charge in [-0.2, -0.15) is 0 Å². The van der Waals surface area contributed by atoms with Crippen molar-refractivity contribution >= 4 is 17.3 Å². The molecule has 0 aliphatic heterocycles. The number of hydrogen-bond donors (Lipinski definition) is 1. The Kier molecular flexibility index (Phi) is 5.12. The Labute approximate surface area is 122 Å². The van der Waals surface area contributed by atoms with E-state index in [2.05, 4.69) is 36.3 Å². The summed E-state index contributed by atoms with van der Waals surface area (Å²) < 4.78 is 0. The topological polar surface area (TPSA) is 15.3 Å². The van der Waals surface area contributed by atoms with Crippen LogP contribution < -0.4 is 10.2 Å². The van der Waals surface area contributed by atoms with Gasteiger partial charge in [0.05, 0.1) is 0 Å². The van der Waals surface area contributed by atoms with E-state index < -0.39 is 0 Å². The van der Waals surface area contributed by atoms with Crippen LogP contribution in [0, 0.1) is 5.92 Å². The molecule has 2 nitrogen and oxygen atoms in total. The van der Waals surface area contributed by atoms with Crippen LogP contribution in [-0.4, -0.2) is 20.1 Å². The zero-order valence-electron chi connectivity index (χ0n) is 12.2. The third-order valence-corrected chi connectivity index (χ3v) is 4.59. The molecule has 2 unspecified atom stereocenters. The van der Waals surface area contributed by atoms with Crippen molar-refractivity contribution in [1.29, 1.82) is 0 Å². The Morgan fingerprint density at radius 2 is 2.05 bits per heavy atom. The van der Waals surface area contributed by atoms with Gasteiger partial charge >= 0.3 is 0 Å². The highest BCUT2D eigenvalue weighted by atomic mass is 35.5. The Hall–Kier alpha value is -0.730. The fourth-order valence-electron chi connectivity index (χ4n) is 3.28. The largest absolute Gasteiger partial charge is 0.371 e. The van der Waals surface area contributed by atoms with Crippen LogP contribution in [-0.2, 0) is 6.54 Å². The number of rotatable bonds is 4. The van der Waals surface area contributed by atoms with Crippen molar-refractivity contribution in [3.05, 3.63) is 28.8 Å². The molecule has 0 saturated heterocycles. The third-order valence-electron chi connectivity index (χ3n) is 4.35. The van der Waals surface area contributed by atoms with Gasteiger partial charge in [-0.3, -0.25) is 0 Å². The summed E-state index contributed by atoms with van der Waals surface area (Å²) in [7, 11) is 4.21. The van der Waals surface area contributed by atoms with Gasteiger partial charge in [0.15, 0.2) is 0 Å². The van der Waals surface area contributed by atoms with Crippen molar-refractivity contribution in [3.8, 4) is 0 Å². The number of hydrogen-bond acceptors (Lipinski definition) is 2. The highest BCUT2D eigenvalue weighted by Crippen LogP contribution is 2.32. The maximum absolute atomic E-state index is 6.13. The molecule has 1 saturated carbocycles. The molecule has 1 aliphatic rings. The lowest BCUT2D eigenvalue weighted by Gasteiger charge is -2.38. The van der Waals surface area contributed by atoms with Gasteiger partial charge in [-0.1, -0.05) is 31.4 Å². The SMILES string of the molecule is CNCc1cc(Cl)ccc1N(C)C1CCCCC1C. The van der Waals surface area contributed by atoms with E-state index in [4.69, 9.17) is 11.6 Å². The molecule has 1 fully saturated rings. The Bertz CT molecular complexity index is 419. The second-order valence-corrected chi connectivity index (χ2v) is 6.18. The molecule has 2 atom stereocenters. The Morgan fingerprint density at radius 1 is 1.32 bits per heavy atom. The second-order valence-electron chi connectivity index (χ2n) is 5.74. The van der Waals surface area contributed by atoms with E-state index in [1.807, 2.05) is 13.1 Å². The molecule has 0 heterocycles. The van der Waals surface area contributed by atoms with Gasteiger partial charge in [0.25, 0.3) is 0 Å². The molecule has 1 aromatic rings. The minimum absolute atomic E-state index is 0.658. The smallest absolute Gasteiger partial charge is 0.0412 e. The zero-order chi connectivity index (χ0) is 13.8. The Morgan fingerprint density at radius 3 is 2.74 bits per heavy atom. The number of nitrogens with zero attached hydrogens (tertiary/aromatic N) is 1. The minimum atomic E-state index is 0.658. The van der Waals surface area contributed by atoms with Crippen LogP contribution >= 0.6 is 11.6 Å². The molecule has 1 N–H and O–H groups in total. The minimum Gasteiger partial charge on any atom is -0.371 e. The van der Waals surface area contributed by atoms with Gasteiger partial charge in [0, 0.05) is 30.3 Å². The lowest BCUT2D eigenvalue weighted by Crippen LogP contribution is -2.39. The van der Waals surface area contributed by atoms with Gasteiger partial charge in [0.1, 0.15) is 0 Å². The van der Waals surface area contributed by atoms with Crippen molar-refractivity contribution in [2.24, 2.45) is 5.92 Å². The second kappa shape index (κ2) is 6.62. The lowest BCUT2D eigenvalue weighted by molar-refractivity contribution is 0.321. The molecule has 19 heavy (non-hydrogen) atoms. The van der Waals surface area contributed by atoms with E-state index in [0.717, 1.165) is 17.5 Å². The van der Waals surface area contributed by atoms with E-state index in [-0.39, 0.29) is 0 Å². The summed E-state index contributed by atoms with van der Waals surface area (Å²) in [6.45, 7) is 3.25. The summed E-state index contributed by atoms with van der Waals surface area (Å²) in [5.74, 6) is 0.775. The van der Waals surface area contributed by atoms with Crippen LogP contribution in [0.1, 0.15) is 38.2 Å². The van der Waals surface area contributed by atoms with Gasteiger partial charge in [-0.25, -0.2) is 0 Å². The van der Waals surface area contributed by atoms with Gasteiger partial charge < -0.3 is 10.2 Å². The van der Waals surface area contributed by atoms with E-state index in [1.54, 1.807) is 0 Å². The first-order valence-corrected chi connectivity index (χ1v) is 7.67. The number of anilines is 1. The zero-order valence-corrected chi connectivity index (χ0v) is 13.0. The van der Waals surface area contributed by atoms with Crippen LogP contribution in [0.5, 0.6) is 0 Å². The van der Waals surface area contributed by atoms with Crippen LogP contribution in [0.4, 0.5) is 5.69 Å². The van der Waals surface area contributed by atoms with Crippen LogP contribution in [0.15, 0.2) is 18.2 Å². The quantitative estimate of drug-likeness (QED) is 0.894. The van der Waals surface area contributed by atoms with Gasteiger partial charge in [0.2, 0.25) is 0 Å². The maximum atomic E-state index is 6.13. The van der Waals surface area contributed by atoms with Crippen LogP contribution in [0.25, 0.3) is 0 Å². The molecule has 0 radical (unpaired) electrons. The molecule has 0 amide bonds. The average molecular weight is 281 g/mol. The third kappa shape index (κ3) is 3.43. The van der Waals surface area contributed by atoms with Crippen LogP contribution in [0.3, 0.4) is 0 Å². The van der Waals surface area contributed by atoms with Crippen molar-refractivity contribution < 1.29 is 0 Å². The van der Waals surface area contributed by atoms with Crippen molar-refractivity contribution in [1.82, 2.24) is 5.32 Å². The first-order valence-electron chi connectivity index (χ1n) is 7.29. The molecule has 0 spiro atoms. The fourth-order valence-corrected chi connectivity index (χ4v) is 3.48. The van der Waals surface area contributed by atoms with E-state index in [1.165, 1.54) is 36.9 Å². The summed E-state index contributed by atoms with van der Waals surface area (Å²) in [4.78, 5) is 2.47. The van der Waals surface area contributed by atoms with E-state index >= 15 is 0 Å². The molecule has 1 aromatic carbocycles. The number of halogens is 1. The summed E-state index contributed by atoms with van der Waals surface area (Å²) in [6, 6.07) is 6.90. The molecule has 106 valence electrons. The fraction of sp³-hybridized carbons (Fsp3) is 0.625. The van der Waals surface area contributed by atoms with Crippen molar-refractivity contribution in [2.75, 3.05) is 19.0 Å². The standard InChI is InChI=1S/C16H25ClN2/c1-12-6-4-5-7-15(12)19(3)16-9-8-14(17)10-13(16)11-18-2/h8-10,12,15,18H,4-7,11H2,1-3H3. The normalized spacial score (nSPS) is 23.4. The summed E-state index contributed by atoms with van der Waals surface area (Å²) >= 11 is 6.13. The predicted molar refractivity (Wildman–Crippen MR) is 84.0 cm³/mol. The molecular weight excluding hydrogens is 256 g/mol. The predicted octanol–water partition coefficient (Wildman–Crippen LogP) is 4.07. The average Bonchev–Trinajstić information content (AvgIpc) is 2.39. The number of nitrogens with one attached hydrogen (secondary N) is 1. The molecular formula is C16H25ClN2. The summed E-state index contributed by atoms with van der Waals surface area (Å²) in [5.41, 5.74) is 2.60. The van der Waals surface area contributed by atoms with E-state index in [0.29, 0.717) is 6.04 Å². The first-order chi connectivity index (χ1) is 9.13. The highest BCUT2D eigenvalue weighted by molar-refractivity contribution is 6.30. The molecule has 1 aliphatic carbocycles. The maximum Gasteiger partial charge on any atom is 0.0412 e.